The van der Waals surface area contributed by atoms with Gasteiger partial charge in [0.2, 0.25) is 0 Å². The molecule has 0 saturated heterocycles. The zero-order valence-electron chi connectivity index (χ0n) is 7.90. The van der Waals surface area contributed by atoms with Crippen molar-refractivity contribution in [2.75, 3.05) is 14.2 Å². The summed E-state index contributed by atoms with van der Waals surface area (Å²) < 4.78 is 4.48. The molecule has 1 N–H and O–H groups in total. The second-order valence-corrected chi connectivity index (χ2v) is 2.50. The van der Waals surface area contributed by atoms with Crippen LogP contribution in [0, 0.1) is 0 Å². The van der Waals surface area contributed by atoms with Gasteiger partial charge in [-0.15, -0.1) is 0 Å². The fourth-order valence-electron chi connectivity index (χ4n) is 0.895. The molecular formula is C9H10N2O3. The van der Waals surface area contributed by atoms with Crippen LogP contribution in [0.2, 0.25) is 0 Å². The van der Waals surface area contributed by atoms with Crippen molar-refractivity contribution >= 4 is 11.9 Å². The van der Waals surface area contributed by atoms with Crippen molar-refractivity contribution in [3.05, 3.63) is 29.6 Å². The number of amides is 1. The molecule has 0 radical (unpaired) electrons. The molecule has 1 aromatic heterocycles. The van der Waals surface area contributed by atoms with Gasteiger partial charge in [0, 0.05) is 13.2 Å². The third-order valence-electron chi connectivity index (χ3n) is 1.64. The van der Waals surface area contributed by atoms with E-state index in [0.717, 1.165) is 0 Å². The molecule has 0 aliphatic heterocycles. The maximum atomic E-state index is 11.1. The summed E-state index contributed by atoms with van der Waals surface area (Å²) in [6.07, 6.45) is 1.30. The highest BCUT2D eigenvalue weighted by Crippen LogP contribution is 2.01. The van der Waals surface area contributed by atoms with Crippen LogP contribution in [0.5, 0.6) is 0 Å². The monoisotopic (exact) mass is 194 g/mol. The Morgan fingerprint density at radius 3 is 2.57 bits per heavy atom. The fraction of sp³-hybridized carbons (Fsp3) is 0.222. The summed E-state index contributed by atoms with van der Waals surface area (Å²) in [5, 5.41) is 2.43. The molecule has 5 nitrogen and oxygen atoms in total. The largest absolute Gasteiger partial charge is 0.465 e. The van der Waals surface area contributed by atoms with Gasteiger partial charge < -0.3 is 10.1 Å². The lowest BCUT2D eigenvalue weighted by Gasteiger charge is -2.00. The van der Waals surface area contributed by atoms with Crippen molar-refractivity contribution < 1.29 is 14.3 Å². The summed E-state index contributed by atoms with van der Waals surface area (Å²) in [6, 6.07) is 2.95. The fourth-order valence-corrected chi connectivity index (χ4v) is 0.895. The standard InChI is InChI=1S/C9H10N2O3/c1-10-8(12)7-4-3-6(5-11-7)9(13)14-2/h3-5H,1-2H3,(H,10,12). The molecule has 0 aliphatic carbocycles. The number of rotatable bonds is 2. The number of esters is 1. The number of aromatic nitrogens is 1. The minimum absolute atomic E-state index is 0.264. The molecule has 14 heavy (non-hydrogen) atoms. The Hall–Kier alpha value is -1.91. The second-order valence-electron chi connectivity index (χ2n) is 2.50. The van der Waals surface area contributed by atoms with Crippen molar-refractivity contribution in [3.8, 4) is 0 Å². The van der Waals surface area contributed by atoms with E-state index in [0.29, 0.717) is 5.56 Å². The van der Waals surface area contributed by atoms with Crippen LogP contribution in [-0.2, 0) is 4.74 Å². The summed E-state index contributed by atoms with van der Waals surface area (Å²) in [5.74, 6) is -0.762. The Morgan fingerprint density at radius 2 is 2.14 bits per heavy atom. The molecule has 1 amide bonds. The molecule has 1 heterocycles. The van der Waals surface area contributed by atoms with Gasteiger partial charge in [-0.2, -0.15) is 0 Å². The summed E-state index contributed by atoms with van der Waals surface area (Å²) in [7, 11) is 2.80. The van der Waals surface area contributed by atoms with Crippen molar-refractivity contribution in [3.63, 3.8) is 0 Å². The van der Waals surface area contributed by atoms with Crippen LogP contribution >= 0.6 is 0 Å². The summed E-state index contributed by atoms with van der Waals surface area (Å²) >= 11 is 0. The molecule has 0 saturated carbocycles. The van der Waals surface area contributed by atoms with Crippen LogP contribution in [0.4, 0.5) is 0 Å². The third-order valence-corrected chi connectivity index (χ3v) is 1.64. The number of nitrogens with one attached hydrogen (secondary N) is 1. The number of nitrogens with zero attached hydrogens (tertiary/aromatic N) is 1. The SMILES string of the molecule is CNC(=O)c1ccc(C(=O)OC)cn1. The zero-order chi connectivity index (χ0) is 10.6. The molecule has 1 rings (SSSR count). The number of hydrogen-bond acceptors (Lipinski definition) is 4. The minimum atomic E-state index is -0.471. The van der Waals surface area contributed by atoms with Gasteiger partial charge in [0.05, 0.1) is 12.7 Å². The summed E-state index contributed by atoms with van der Waals surface area (Å²) in [4.78, 5) is 25.9. The van der Waals surface area contributed by atoms with Gasteiger partial charge >= 0.3 is 5.97 Å². The van der Waals surface area contributed by atoms with Gasteiger partial charge in [0.1, 0.15) is 5.69 Å². The van der Waals surface area contributed by atoms with Crippen LogP contribution in [0.15, 0.2) is 18.3 Å². The maximum absolute atomic E-state index is 11.1. The van der Waals surface area contributed by atoms with Crippen LogP contribution in [0.25, 0.3) is 0 Å². The molecule has 0 atom stereocenters. The molecule has 0 fully saturated rings. The van der Waals surface area contributed by atoms with Gasteiger partial charge in [-0.1, -0.05) is 0 Å². The number of carbonyl (C=O) groups is 2. The van der Waals surface area contributed by atoms with Crippen molar-refractivity contribution in [1.29, 1.82) is 0 Å². The van der Waals surface area contributed by atoms with E-state index in [1.807, 2.05) is 0 Å². The first-order valence-electron chi connectivity index (χ1n) is 3.95. The first-order chi connectivity index (χ1) is 6.69. The topological polar surface area (TPSA) is 68.3 Å². The normalized spacial score (nSPS) is 9.29. The Morgan fingerprint density at radius 1 is 1.43 bits per heavy atom. The van der Waals surface area contributed by atoms with E-state index in [9.17, 15) is 9.59 Å². The van der Waals surface area contributed by atoms with Crippen LogP contribution < -0.4 is 5.32 Å². The number of pyridine rings is 1. The highest BCUT2D eigenvalue weighted by Gasteiger charge is 2.08. The average Bonchev–Trinajstić information content (AvgIpc) is 2.27. The maximum Gasteiger partial charge on any atom is 0.339 e. The Kier molecular flexibility index (Phi) is 3.17. The Balaban J connectivity index is 2.89. The van der Waals surface area contributed by atoms with Gasteiger partial charge in [-0.25, -0.2) is 4.79 Å². The van der Waals surface area contributed by atoms with Gasteiger partial charge in [-0.05, 0) is 12.1 Å². The first-order valence-corrected chi connectivity index (χ1v) is 3.95. The molecule has 0 bridgehead atoms. The third kappa shape index (κ3) is 2.07. The highest BCUT2D eigenvalue weighted by atomic mass is 16.5. The quantitative estimate of drug-likeness (QED) is 0.684. The van der Waals surface area contributed by atoms with Crippen LogP contribution in [0.3, 0.4) is 0 Å². The Bertz CT molecular complexity index is 311. The van der Waals surface area contributed by atoms with Crippen LogP contribution in [-0.4, -0.2) is 31.0 Å². The predicted octanol–water partition coefficient (Wildman–Crippen LogP) is 0.228. The average molecular weight is 194 g/mol. The van der Waals surface area contributed by atoms with E-state index in [2.05, 4.69) is 15.0 Å². The van der Waals surface area contributed by atoms with E-state index in [4.69, 9.17) is 0 Å². The number of methoxy groups -OCH3 is 1. The van der Waals surface area contributed by atoms with Crippen molar-refractivity contribution in [2.45, 2.75) is 0 Å². The molecule has 0 aliphatic rings. The van der Waals surface area contributed by atoms with E-state index in [1.54, 1.807) is 0 Å². The lowest BCUT2D eigenvalue weighted by Crippen LogP contribution is -2.19. The van der Waals surface area contributed by atoms with Gasteiger partial charge in [0.25, 0.3) is 5.91 Å². The number of hydrogen-bond donors (Lipinski definition) is 1. The second kappa shape index (κ2) is 4.36. The lowest BCUT2D eigenvalue weighted by molar-refractivity contribution is 0.0599. The van der Waals surface area contributed by atoms with E-state index < -0.39 is 5.97 Å². The number of ether oxygens (including phenoxy) is 1. The summed E-state index contributed by atoms with van der Waals surface area (Å²) in [6.45, 7) is 0. The smallest absolute Gasteiger partial charge is 0.339 e. The lowest BCUT2D eigenvalue weighted by atomic mass is 10.2. The minimum Gasteiger partial charge on any atom is -0.465 e. The number of carbonyl (C=O) groups excluding carboxylic acids is 2. The van der Waals surface area contributed by atoms with Gasteiger partial charge in [0.15, 0.2) is 0 Å². The molecule has 1 aromatic rings. The highest BCUT2D eigenvalue weighted by molar-refractivity contribution is 5.93. The van der Waals surface area contributed by atoms with Crippen molar-refractivity contribution in [2.24, 2.45) is 0 Å². The molecule has 74 valence electrons. The van der Waals surface area contributed by atoms with E-state index >= 15 is 0 Å². The molecular weight excluding hydrogens is 184 g/mol. The van der Waals surface area contributed by atoms with Crippen molar-refractivity contribution in [1.82, 2.24) is 10.3 Å². The summed E-state index contributed by atoms with van der Waals surface area (Å²) in [5.41, 5.74) is 0.584. The van der Waals surface area contributed by atoms with Gasteiger partial charge in [-0.3, -0.25) is 9.78 Å². The molecule has 5 heteroatoms. The predicted molar refractivity (Wildman–Crippen MR) is 49.0 cm³/mol. The molecule has 0 unspecified atom stereocenters. The van der Waals surface area contributed by atoms with Crippen LogP contribution in [0.1, 0.15) is 20.8 Å². The van der Waals surface area contributed by atoms with E-state index in [-0.39, 0.29) is 11.6 Å². The first kappa shape index (κ1) is 10.2. The molecule has 0 spiro atoms. The van der Waals surface area contributed by atoms with E-state index in [1.165, 1.54) is 32.5 Å². The Labute approximate surface area is 81.1 Å². The molecule has 0 aromatic carbocycles. The zero-order valence-corrected chi connectivity index (χ0v) is 7.90.